The first-order valence-corrected chi connectivity index (χ1v) is 7.86. The van der Waals surface area contributed by atoms with E-state index in [1.54, 1.807) is 25.8 Å². The molecule has 128 valence electrons. The highest BCUT2D eigenvalue weighted by Crippen LogP contribution is 2.26. The molecular weight excluding hydrogens is 310 g/mol. The SMILES string of the molecule is CNc1cc(C)nc(C2COCCN2C(=O)c2c(C)noc2C)n1. The Labute approximate surface area is 140 Å². The Morgan fingerprint density at radius 1 is 1.33 bits per heavy atom. The van der Waals surface area contributed by atoms with E-state index >= 15 is 0 Å². The topological polar surface area (TPSA) is 93.4 Å². The van der Waals surface area contributed by atoms with Crippen LogP contribution in [0, 0.1) is 20.8 Å². The van der Waals surface area contributed by atoms with E-state index in [-0.39, 0.29) is 11.9 Å². The van der Waals surface area contributed by atoms with E-state index in [1.165, 1.54) is 0 Å². The van der Waals surface area contributed by atoms with Crippen molar-refractivity contribution in [1.82, 2.24) is 20.0 Å². The van der Waals surface area contributed by atoms with Gasteiger partial charge in [0, 0.05) is 25.4 Å². The first-order valence-electron chi connectivity index (χ1n) is 7.86. The van der Waals surface area contributed by atoms with E-state index in [9.17, 15) is 4.79 Å². The Balaban J connectivity index is 1.97. The molecule has 8 nitrogen and oxygen atoms in total. The Morgan fingerprint density at radius 2 is 2.12 bits per heavy atom. The summed E-state index contributed by atoms with van der Waals surface area (Å²) < 4.78 is 10.7. The van der Waals surface area contributed by atoms with Crippen LogP contribution in [0.2, 0.25) is 0 Å². The third-order valence-electron chi connectivity index (χ3n) is 4.06. The summed E-state index contributed by atoms with van der Waals surface area (Å²) >= 11 is 0. The third-order valence-corrected chi connectivity index (χ3v) is 4.06. The van der Waals surface area contributed by atoms with Crippen LogP contribution < -0.4 is 5.32 Å². The van der Waals surface area contributed by atoms with E-state index < -0.39 is 0 Å². The zero-order valence-electron chi connectivity index (χ0n) is 14.3. The fourth-order valence-electron chi connectivity index (χ4n) is 2.86. The predicted molar refractivity (Wildman–Crippen MR) is 86.9 cm³/mol. The van der Waals surface area contributed by atoms with Crippen molar-refractivity contribution < 1.29 is 14.1 Å². The maximum Gasteiger partial charge on any atom is 0.260 e. The zero-order chi connectivity index (χ0) is 17.3. The summed E-state index contributed by atoms with van der Waals surface area (Å²) in [5.74, 6) is 1.67. The van der Waals surface area contributed by atoms with Gasteiger partial charge in [0.05, 0.1) is 18.9 Å². The van der Waals surface area contributed by atoms with Gasteiger partial charge in [0.2, 0.25) is 0 Å². The number of rotatable bonds is 3. The molecule has 3 heterocycles. The fraction of sp³-hybridized carbons (Fsp3) is 0.500. The molecule has 1 aliphatic heterocycles. The third kappa shape index (κ3) is 2.96. The average molecular weight is 331 g/mol. The van der Waals surface area contributed by atoms with Gasteiger partial charge >= 0.3 is 0 Å². The van der Waals surface area contributed by atoms with Crippen LogP contribution in [0.25, 0.3) is 0 Å². The van der Waals surface area contributed by atoms with Crippen LogP contribution in [0.1, 0.15) is 39.4 Å². The highest BCUT2D eigenvalue weighted by atomic mass is 16.5. The monoisotopic (exact) mass is 331 g/mol. The van der Waals surface area contributed by atoms with Crippen LogP contribution >= 0.6 is 0 Å². The Morgan fingerprint density at radius 3 is 2.79 bits per heavy atom. The predicted octanol–water partition coefficient (Wildman–Crippen LogP) is 1.65. The number of ether oxygens (including phenoxy) is 1. The number of amides is 1. The molecule has 1 fully saturated rings. The van der Waals surface area contributed by atoms with E-state index in [2.05, 4.69) is 20.4 Å². The van der Waals surface area contributed by atoms with Crippen molar-refractivity contribution in [3.05, 3.63) is 34.6 Å². The number of carbonyl (C=O) groups excluding carboxylic acids is 1. The molecule has 0 spiro atoms. The van der Waals surface area contributed by atoms with Gasteiger partial charge in [-0.25, -0.2) is 9.97 Å². The molecule has 0 aliphatic carbocycles. The highest BCUT2D eigenvalue weighted by molar-refractivity contribution is 5.96. The number of hydrogen-bond donors (Lipinski definition) is 1. The van der Waals surface area contributed by atoms with E-state index in [0.717, 1.165) is 5.69 Å². The second kappa shape index (κ2) is 6.56. The van der Waals surface area contributed by atoms with Crippen LogP contribution in [-0.2, 0) is 4.74 Å². The first kappa shape index (κ1) is 16.4. The van der Waals surface area contributed by atoms with Crippen LogP contribution in [0.3, 0.4) is 0 Å². The van der Waals surface area contributed by atoms with Crippen LogP contribution in [-0.4, -0.2) is 52.7 Å². The minimum absolute atomic E-state index is 0.129. The molecule has 3 rings (SSSR count). The summed E-state index contributed by atoms with van der Waals surface area (Å²) in [7, 11) is 1.80. The molecule has 1 aliphatic rings. The molecule has 1 N–H and O–H groups in total. The summed E-state index contributed by atoms with van der Waals surface area (Å²) in [6.45, 7) is 6.72. The molecule has 0 saturated carbocycles. The van der Waals surface area contributed by atoms with Crippen molar-refractivity contribution in [2.75, 3.05) is 32.1 Å². The number of aromatic nitrogens is 3. The lowest BCUT2D eigenvalue weighted by atomic mass is 10.1. The molecule has 2 aromatic heterocycles. The molecule has 1 amide bonds. The lowest BCUT2D eigenvalue weighted by molar-refractivity contribution is -0.00535. The maximum atomic E-state index is 13.0. The van der Waals surface area contributed by atoms with Gasteiger partial charge in [0.1, 0.15) is 23.2 Å². The summed E-state index contributed by atoms with van der Waals surface area (Å²) in [5, 5.41) is 6.89. The van der Waals surface area contributed by atoms with E-state index in [4.69, 9.17) is 9.26 Å². The van der Waals surface area contributed by atoms with Crippen molar-refractivity contribution >= 4 is 11.7 Å². The van der Waals surface area contributed by atoms with Gasteiger partial charge in [-0.05, 0) is 20.8 Å². The maximum absolute atomic E-state index is 13.0. The lowest BCUT2D eigenvalue weighted by Gasteiger charge is -2.34. The lowest BCUT2D eigenvalue weighted by Crippen LogP contribution is -2.44. The van der Waals surface area contributed by atoms with Crippen LogP contribution in [0.5, 0.6) is 0 Å². The Kier molecular flexibility index (Phi) is 4.48. The number of carbonyl (C=O) groups is 1. The molecule has 1 unspecified atom stereocenters. The summed E-state index contributed by atoms with van der Waals surface area (Å²) in [5.41, 5.74) is 1.92. The molecule has 24 heavy (non-hydrogen) atoms. The van der Waals surface area contributed by atoms with Crippen LogP contribution in [0.4, 0.5) is 5.82 Å². The standard InChI is InChI=1S/C16H21N5O3/c1-9-7-13(17-4)19-15(18-9)12-8-23-6-5-21(12)16(22)14-10(2)20-24-11(14)3/h7,12H,5-6,8H2,1-4H3,(H,17,18,19). The number of morpholine rings is 1. The van der Waals surface area contributed by atoms with Crippen LogP contribution in [0.15, 0.2) is 10.6 Å². The van der Waals surface area contributed by atoms with Gasteiger partial charge in [-0.2, -0.15) is 0 Å². The first-order chi connectivity index (χ1) is 11.5. The van der Waals surface area contributed by atoms with Gasteiger partial charge < -0.3 is 19.5 Å². The second-order valence-electron chi connectivity index (χ2n) is 5.79. The Hall–Kier alpha value is -2.48. The summed E-state index contributed by atoms with van der Waals surface area (Å²) in [4.78, 5) is 23.8. The summed E-state index contributed by atoms with van der Waals surface area (Å²) in [6, 6.07) is 1.51. The van der Waals surface area contributed by atoms with Gasteiger partial charge in [0.25, 0.3) is 5.91 Å². The van der Waals surface area contributed by atoms with E-state index in [0.29, 0.717) is 48.4 Å². The average Bonchev–Trinajstić information content (AvgIpc) is 2.92. The molecule has 1 saturated heterocycles. The van der Waals surface area contributed by atoms with Gasteiger partial charge in [0.15, 0.2) is 5.82 Å². The highest BCUT2D eigenvalue weighted by Gasteiger charge is 2.34. The minimum Gasteiger partial charge on any atom is -0.377 e. The van der Waals surface area contributed by atoms with Gasteiger partial charge in [-0.1, -0.05) is 5.16 Å². The summed E-state index contributed by atoms with van der Waals surface area (Å²) in [6.07, 6.45) is 0. The van der Waals surface area contributed by atoms with Crippen molar-refractivity contribution in [3.63, 3.8) is 0 Å². The zero-order valence-corrected chi connectivity index (χ0v) is 14.3. The fourth-order valence-corrected chi connectivity index (χ4v) is 2.86. The number of nitrogens with zero attached hydrogens (tertiary/aromatic N) is 4. The van der Waals surface area contributed by atoms with E-state index in [1.807, 2.05) is 13.0 Å². The Bertz CT molecular complexity index is 739. The van der Waals surface area contributed by atoms with Gasteiger partial charge in [-0.3, -0.25) is 4.79 Å². The number of nitrogens with one attached hydrogen (secondary N) is 1. The minimum atomic E-state index is -0.341. The molecule has 0 radical (unpaired) electrons. The van der Waals surface area contributed by atoms with Crippen molar-refractivity contribution in [2.45, 2.75) is 26.8 Å². The van der Waals surface area contributed by atoms with Crippen molar-refractivity contribution in [3.8, 4) is 0 Å². The largest absolute Gasteiger partial charge is 0.377 e. The quantitative estimate of drug-likeness (QED) is 0.914. The van der Waals surface area contributed by atoms with Gasteiger partial charge in [-0.15, -0.1) is 0 Å². The molecule has 0 bridgehead atoms. The second-order valence-corrected chi connectivity index (χ2v) is 5.79. The van der Waals surface area contributed by atoms with Crippen molar-refractivity contribution in [1.29, 1.82) is 0 Å². The molecule has 8 heteroatoms. The normalized spacial score (nSPS) is 17.8. The number of hydrogen-bond acceptors (Lipinski definition) is 7. The molecule has 1 atom stereocenters. The smallest absolute Gasteiger partial charge is 0.260 e. The van der Waals surface area contributed by atoms with Crippen molar-refractivity contribution in [2.24, 2.45) is 0 Å². The molecule has 2 aromatic rings. The molecule has 0 aromatic carbocycles. The number of aryl methyl sites for hydroxylation is 3. The number of anilines is 1. The molecular formula is C16H21N5O3.